The van der Waals surface area contributed by atoms with E-state index in [4.69, 9.17) is 13.9 Å². The van der Waals surface area contributed by atoms with Gasteiger partial charge < -0.3 is 24.3 Å². The van der Waals surface area contributed by atoms with Gasteiger partial charge in [0.15, 0.2) is 17.2 Å². The molecule has 2 heterocycles. The number of hydrogen-bond donors (Lipinski definition) is 2. The highest BCUT2D eigenvalue weighted by Gasteiger charge is 2.48. The normalized spacial score (nSPS) is 21.2. The van der Waals surface area contributed by atoms with E-state index in [1.54, 1.807) is 19.1 Å². The Morgan fingerprint density at radius 1 is 1.15 bits per heavy atom. The molecule has 2 fully saturated rings. The summed E-state index contributed by atoms with van der Waals surface area (Å²) in [5, 5.41) is 12.3. The predicted octanol–water partition coefficient (Wildman–Crippen LogP) is 5.37. The molecule has 2 aromatic carbocycles. The van der Waals surface area contributed by atoms with Gasteiger partial charge in [-0.2, -0.15) is 4.98 Å². The third-order valence-electron chi connectivity index (χ3n) is 8.15. The Bertz CT molecular complexity index is 1410. The summed E-state index contributed by atoms with van der Waals surface area (Å²) in [5.74, 6) is -2.71. The van der Waals surface area contributed by atoms with E-state index in [2.05, 4.69) is 10.3 Å². The van der Waals surface area contributed by atoms with Crippen molar-refractivity contribution >= 4 is 34.6 Å². The van der Waals surface area contributed by atoms with Crippen molar-refractivity contribution in [2.45, 2.75) is 63.7 Å². The fraction of sp³-hybridized carbons (Fsp3) is 0.500. The number of carbonyl (C=O) groups excluding carboxylic acids is 1. The summed E-state index contributed by atoms with van der Waals surface area (Å²) in [4.78, 5) is 31.7. The van der Waals surface area contributed by atoms with Gasteiger partial charge in [-0.25, -0.2) is 8.78 Å². The molecule has 5 rings (SSSR count). The largest absolute Gasteiger partial charge is 0.481 e. The molecule has 1 unspecified atom stereocenters. The quantitative estimate of drug-likeness (QED) is 0.314. The molecule has 1 saturated heterocycles. The number of halogens is 2. The smallest absolute Gasteiger partial charge is 0.306 e. The number of aliphatic carboxylic acids is 1. The lowest BCUT2D eigenvalue weighted by atomic mass is 9.87. The average molecular weight is 572 g/mol. The second kappa shape index (κ2) is 12.2. The number of nitrogens with zero attached hydrogens (tertiary/aromatic N) is 2. The number of oxazole rings is 1. The molecular weight excluding hydrogens is 536 g/mol. The lowest BCUT2D eigenvalue weighted by Gasteiger charge is -2.43. The van der Waals surface area contributed by atoms with Gasteiger partial charge in [0.25, 0.3) is 6.01 Å². The minimum Gasteiger partial charge on any atom is -0.481 e. The fourth-order valence-electron chi connectivity index (χ4n) is 5.85. The monoisotopic (exact) mass is 571 g/mol. The lowest BCUT2D eigenvalue weighted by Crippen LogP contribution is -2.61. The molecule has 2 N–H and O–H groups in total. The molecule has 1 saturated carbocycles. The van der Waals surface area contributed by atoms with Crippen molar-refractivity contribution in [2.24, 2.45) is 5.92 Å². The van der Waals surface area contributed by atoms with E-state index < -0.39 is 29.2 Å². The minimum atomic E-state index is -1.42. The van der Waals surface area contributed by atoms with Crippen LogP contribution in [0.4, 0.5) is 20.5 Å². The zero-order valence-electron chi connectivity index (χ0n) is 23.3. The first kappa shape index (κ1) is 29.1. The summed E-state index contributed by atoms with van der Waals surface area (Å²) in [6, 6.07) is 7.34. The van der Waals surface area contributed by atoms with Gasteiger partial charge in [0.1, 0.15) is 11.3 Å². The Balaban J connectivity index is 1.39. The van der Waals surface area contributed by atoms with E-state index in [9.17, 15) is 19.1 Å². The van der Waals surface area contributed by atoms with Crippen LogP contribution in [0.1, 0.15) is 49.7 Å². The number of nitrogens with one attached hydrogen (secondary N) is 1. The molecule has 3 aromatic rings. The van der Waals surface area contributed by atoms with Crippen molar-refractivity contribution in [2.75, 3.05) is 32.1 Å². The minimum absolute atomic E-state index is 0.00201. The number of anilines is 2. The second-order valence-electron chi connectivity index (χ2n) is 10.9. The summed E-state index contributed by atoms with van der Waals surface area (Å²) in [6.45, 7) is 3.04. The fourth-order valence-corrected chi connectivity index (χ4v) is 5.85. The van der Waals surface area contributed by atoms with Crippen LogP contribution in [0.15, 0.2) is 34.7 Å². The molecule has 9 nitrogen and oxygen atoms in total. The van der Waals surface area contributed by atoms with Crippen LogP contribution in [0.5, 0.6) is 0 Å². The SMILES string of the molecule is COCC(OC1CCC(C(=O)O)CC1)(C(=O)Cc1ccc2nc(Nc3cc(F)ccc3C)oc2c1F)N1CCCC1. The predicted molar refractivity (Wildman–Crippen MR) is 147 cm³/mol. The van der Waals surface area contributed by atoms with E-state index in [1.807, 2.05) is 4.90 Å². The van der Waals surface area contributed by atoms with Crippen molar-refractivity contribution in [1.82, 2.24) is 9.88 Å². The Hall–Kier alpha value is -3.41. The molecule has 220 valence electrons. The van der Waals surface area contributed by atoms with E-state index >= 15 is 4.39 Å². The van der Waals surface area contributed by atoms with Crippen LogP contribution < -0.4 is 5.32 Å². The highest BCUT2D eigenvalue weighted by atomic mass is 19.1. The van der Waals surface area contributed by atoms with Crippen molar-refractivity contribution < 1.29 is 37.4 Å². The first-order valence-electron chi connectivity index (χ1n) is 14.0. The third-order valence-corrected chi connectivity index (χ3v) is 8.15. The van der Waals surface area contributed by atoms with E-state index in [1.165, 1.54) is 25.3 Å². The Labute approximate surface area is 236 Å². The van der Waals surface area contributed by atoms with Crippen LogP contribution in [0.3, 0.4) is 0 Å². The maximum Gasteiger partial charge on any atom is 0.306 e. The molecular formula is C30H35F2N3O6. The van der Waals surface area contributed by atoms with Gasteiger partial charge in [-0.15, -0.1) is 0 Å². The molecule has 41 heavy (non-hydrogen) atoms. The number of methoxy groups -OCH3 is 1. The first-order chi connectivity index (χ1) is 19.7. The number of hydrogen-bond acceptors (Lipinski definition) is 8. The summed E-state index contributed by atoms with van der Waals surface area (Å²) < 4.78 is 47.2. The highest BCUT2D eigenvalue weighted by molar-refractivity contribution is 5.90. The molecule has 1 aromatic heterocycles. The zero-order chi connectivity index (χ0) is 29.1. The lowest BCUT2D eigenvalue weighted by molar-refractivity contribution is -0.211. The first-order valence-corrected chi connectivity index (χ1v) is 14.0. The molecule has 11 heteroatoms. The van der Waals surface area contributed by atoms with Crippen LogP contribution >= 0.6 is 0 Å². The number of fused-ring (bicyclic) bond motifs is 1. The van der Waals surface area contributed by atoms with Crippen molar-refractivity contribution in [3.63, 3.8) is 0 Å². The summed E-state index contributed by atoms with van der Waals surface area (Å²) in [5.41, 5.74) is 0.0500. The molecule has 0 spiro atoms. The molecule has 0 bridgehead atoms. The molecule has 1 aliphatic heterocycles. The number of rotatable bonds is 11. The van der Waals surface area contributed by atoms with Gasteiger partial charge >= 0.3 is 5.97 Å². The Morgan fingerprint density at radius 3 is 2.56 bits per heavy atom. The Kier molecular flexibility index (Phi) is 8.67. The number of aryl methyl sites for hydroxylation is 1. The van der Waals surface area contributed by atoms with Gasteiger partial charge in [-0.3, -0.25) is 14.5 Å². The standard InChI is InChI=1S/C30H35F2N3O6/c1-18-5-9-21(31)16-24(18)34-29-33-23-12-8-20(26(32)27(23)40-29)15-25(36)30(17-39-2,35-13-3-4-14-35)41-22-10-6-19(7-11-22)28(37)38/h5,8-9,12,16,19,22H,3-4,6-7,10-11,13-15,17H2,1-2H3,(H,33,34)(H,37,38). The number of carbonyl (C=O) groups is 2. The second-order valence-corrected chi connectivity index (χ2v) is 10.9. The molecule has 1 aliphatic carbocycles. The van der Waals surface area contributed by atoms with Crippen LogP contribution in [0.25, 0.3) is 11.1 Å². The van der Waals surface area contributed by atoms with Crippen molar-refractivity contribution in [3.8, 4) is 0 Å². The molecule has 0 amide bonds. The number of Topliss-reactive ketones (excluding diaryl/α,β-unsaturated/α-hetero) is 1. The number of ether oxygens (including phenoxy) is 2. The van der Waals surface area contributed by atoms with Gasteiger partial charge in [0.05, 0.1) is 18.6 Å². The average Bonchev–Trinajstić information content (AvgIpc) is 3.63. The van der Waals surface area contributed by atoms with Gasteiger partial charge in [0, 0.05) is 32.3 Å². The van der Waals surface area contributed by atoms with E-state index in [-0.39, 0.29) is 47.6 Å². The highest BCUT2D eigenvalue weighted by Crippen LogP contribution is 2.35. The van der Waals surface area contributed by atoms with Gasteiger partial charge in [0.2, 0.25) is 5.72 Å². The maximum absolute atomic E-state index is 15.7. The maximum atomic E-state index is 15.7. The molecule has 2 aliphatic rings. The zero-order valence-corrected chi connectivity index (χ0v) is 23.3. The number of likely N-dealkylation sites (tertiary alicyclic amines) is 1. The summed E-state index contributed by atoms with van der Waals surface area (Å²) >= 11 is 0. The van der Waals surface area contributed by atoms with Crippen LogP contribution in [0.2, 0.25) is 0 Å². The number of carboxylic acid groups (broad SMARTS) is 1. The Morgan fingerprint density at radius 2 is 1.88 bits per heavy atom. The number of aromatic nitrogens is 1. The van der Waals surface area contributed by atoms with Gasteiger partial charge in [-0.1, -0.05) is 12.1 Å². The van der Waals surface area contributed by atoms with Crippen LogP contribution in [-0.4, -0.2) is 65.4 Å². The van der Waals surface area contributed by atoms with Crippen molar-refractivity contribution in [1.29, 1.82) is 0 Å². The van der Waals surface area contributed by atoms with E-state index in [0.29, 0.717) is 44.5 Å². The van der Waals surface area contributed by atoms with Gasteiger partial charge in [-0.05, 0) is 74.8 Å². The van der Waals surface area contributed by atoms with Crippen LogP contribution in [-0.2, 0) is 25.5 Å². The topological polar surface area (TPSA) is 114 Å². The number of benzene rings is 2. The van der Waals surface area contributed by atoms with Crippen LogP contribution in [0, 0.1) is 24.5 Å². The number of ketones is 1. The van der Waals surface area contributed by atoms with E-state index in [0.717, 1.165) is 18.4 Å². The molecule has 0 radical (unpaired) electrons. The third kappa shape index (κ3) is 6.12. The summed E-state index contributed by atoms with van der Waals surface area (Å²) in [6.07, 6.45) is 3.19. The summed E-state index contributed by atoms with van der Waals surface area (Å²) in [7, 11) is 1.50. The molecule has 1 atom stereocenters. The van der Waals surface area contributed by atoms with Crippen molar-refractivity contribution in [3.05, 3.63) is 53.1 Å². The number of carboxylic acids is 1.